The van der Waals surface area contributed by atoms with Crippen LogP contribution >= 0.6 is 23.1 Å². The number of carbonyl (C=O) groups is 1. The van der Waals surface area contributed by atoms with Crippen molar-refractivity contribution in [3.8, 4) is 11.5 Å². The second kappa shape index (κ2) is 7.27. The number of halogens is 1. The molecule has 0 spiro atoms. The molecule has 24 heavy (non-hydrogen) atoms. The van der Waals surface area contributed by atoms with Gasteiger partial charge < -0.3 is 20.1 Å². The topological polar surface area (TPSA) is 72.5 Å². The van der Waals surface area contributed by atoms with Gasteiger partial charge in [0.1, 0.15) is 18.2 Å². The highest BCUT2D eigenvalue weighted by molar-refractivity contribution is 7.10. The third kappa shape index (κ3) is 3.42. The molecular weight excluding hydrogens is 350 g/mol. The van der Waals surface area contributed by atoms with Gasteiger partial charge in [-0.3, -0.25) is 4.79 Å². The minimum atomic E-state index is -0.130. The maximum atomic E-state index is 12.3. The molecule has 0 fully saturated rings. The van der Waals surface area contributed by atoms with Crippen LogP contribution in [0.4, 0.5) is 5.00 Å². The van der Waals surface area contributed by atoms with E-state index < -0.39 is 0 Å². The summed E-state index contributed by atoms with van der Waals surface area (Å²) >= 11 is 7.50. The van der Waals surface area contributed by atoms with Crippen molar-refractivity contribution >= 4 is 34.0 Å². The van der Waals surface area contributed by atoms with Gasteiger partial charge in [-0.05, 0) is 42.6 Å². The summed E-state index contributed by atoms with van der Waals surface area (Å²) in [4.78, 5) is 12.3. The van der Waals surface area contributed by atoms with Gasteiger partial charge in [-0.25, -0.2) is 0 Å². The Balaban J connectivity index is 1.63. The average molecular weight is 368 g/mol. The van der Waals surface area contributed by atoms with Crippen LogP contribution in [0.1, 0.15) is 21.6 Å². The minimum Gasteiger partial charge on any atom is -0.486 e. The molecule has 0 saturated carbocycles. The zero-order valence-corrected chi connectivity index (χ0v) is 15.0. The molecule has 2 heterocycles. The molecule has 0 aliphatic carbocycles. The molecule has 0 saturated heterocycles. The number of ether oxygens (including phenoxy) is 2. The Labute approximate surface area is 149 Å². The third-order valence-corrected chi connectivity index (χ3v) is 4.91. The van der Waals surface area contributed by atoms with Gasteiger partial charge in [0, 0.05) is 13.6 Å². The molecule has 0 radical (unpaired) electrons. The largest absolute Gasteiger partial charge is 0.486 e. The van der Waals surface area contributed by atoms with Crippen LogP contribution in [0.3, 0.4) is 0 Å². The quantitative estimate of drug-likeness (QED) is 0.850. The van der Waals surface area contributed by atoms with Crippen molar-refractivity contribution < 1.29 is 14.3 Å². The Hall–Kier alpha value is -1.99. The molecular formula is C16H18ClN3O3S. The normalized spacial score (nSPS) is 12.8. The molecule has 1 aromatic carbocycles. The maximum absolute atomic E-state index is 12.3. The number of carbonyl (C=O) groups excluding carboxylic acids is 1. The Bertz CT molecular complexity index is 763. The van der Waals surface area contributed by atoms with Gasteiger partial charge in [0.15, 0.2) is 11.5 Å². The Morgan fingerprint density at radius 2 is 2.17 bits per heavy atom. The number of rotatable bonds is 5. The van der Waals surface area contributed by atoms with Gasteiger partial charge in [0.25, 0.3) is 5.91 Å². The van der Waals surface area contributed by atoms with Gasteiger partial charge in [-0.15, -0.1) is 0 Å². The zero-order valence-electron chi connectivity index (χ0n) is 13.4. The molecule has 0 unspecified atom stereocenters. The zero-order chi connectivity index (χ0) is 17.1. The van der Waals surface area contributed by atoms with Crippen molar-refractivity contribution in [1.82, 2.24) is 9.69 Å². The van der Waals surface area contributed by atoms with Crippen LogP contribution in [0, 0.1) is 6.92 Å². The van der Waals surface area contributed by atoms with Crippen molar-refractivity contribution in [2.75, 3.05) is 32.1 Å². The molecule has 1 aliphatic rings. The van der Waals surface area contributed by atoms with Gasteiger partial charge in [0.05, 0.1) is 16.3 Å². The van der Waals surface area contributed by atoms with Crippen molar-refractivity contribution in [2.45, 2.75) is 13.3 Å². The van der Waals surface area contributed by atoms with Crippen LogP contribution in [0.25, 0.3) is 0 Å². The van der Waals surface area contributed by atoms with Crippen LogP contribution in [-0.4, -0.2) is 37.1 Å². The summed E-state index contributed by atoms with van der Waals surface area (Å²) in [5.74, 6) is 1.12. The van der Waals surface area contributed by atoms with Crippen molar-refractivity contribution in [1.29, 1.82) is 0 Å². The van der Waals surface area contributed by atoms with Crippen molar-refractivity contribution in [3.05, 3.63) is 34.0 Å². The molecule has 1 aromatic heterocycles. The summed E-state index contributed by atoms with van der Waals surface area (Å²) in [5.41, 5.74) is 2.31. The van der Waals surface area contributed by atoms with Gasteiger partial charge >= 0.3 is 0 Å². The number of benzene rings is 1. The summed E-state index contributed by atoms with van der Waals surface area (Å²) in [6, 6.07) is 3.75. The van der Waals surface area contributed by atoms with E-state index in [1.54, 1.807) is 7.05 Å². The van der Waals surface area contributed by atoms with E-state index >= 15 is 0 Å². The second-order valence-electron chi connectivity index (χ2n) is 5.33. The fourth-order valence-corrected chi connectivity index (χ4v) is 3.56. The molecule has 2 aromatic rings. The number of nitrogens with zero attached hydrogens (tertiary/aromatic N) is 1. The van der Waals surface area contributed by atoms with E-state index in [1.165, 1.54) is 11.5 Å². The highest BCUT2D eigenvalue weighted by Gasteiger charge is 2.18. The number of aryl methyl sites for hydroxylation is 1. The van der Waals surface area contributed by atoms with E-state index in [9.17, 15) is 4.79 Å². The smallest absolute Gasteiger partial charge is 0.256 e. The van der Waals surface area contributed by atoms with Crippen LogP contribution < -0.4 is 20.1 Å². The number of anilines is 1. The lowest BCUT2D eigenvalue weighted by atomic mass is 10.1. The Morgan fingerprint density at radius 3 is 2.96 bits per heavy atom. The first-order valence-corrected chi connectivity index (χ1v) is 8.75. The first-order valence-electron chi connectivity index (χ1n) is 7.60. The highest BCUT2D eigenvalue weighted by atomic mass is 35.5. The monoisotopic (exact) mass is 367 g/mol. The summed E-state index contributed by atoms with van der Waals surface area (Å²) in [7, 11) is 1.78. The van der Waals surface area contributed by atoms with E-state index in [1.807, 2.05) is 19.1 Å². The number of aromatic nitrogens is 1. The van der Waals surface area contributed by atoms with Crippen LogP contribution in [0.15, 0.2) is 12.1 Å². The number of hydrogen-bond donors (Lipinski definition) is 2. The van der Waals surface area contributed by atoms with Crippen molar-refractivity contribution in [3.63, 3.8) is 0 Å². The summed E-state index contributed by atoms with van der Waals surface area (Å²) < 4.78 is 15.3. The predicted octanol–water partition coefficient (Wildman–Crippen LogP) is 2.89. The number of amides is 1. The second-order valence-corrected chi connectivity index (χ2v) is 6.51. The van der Waals surface area contributed by atoms with Gasteiger partial charge in [0.2, 0.25) is 0 Å². The SMILES string of the molecule is CNc1snc(C)c1C(=O)NCCc1cc(Cl)c2c(c1)OCCO2. The molecule has 1 aliphatic heterocycles. The fraction of sp³-hybridized carbons (Fsp3) is 0.375. The van der Waals surface area contributed by atoms with Crippen LogP contribution in [0.2, 0.25) is 5.02 Å². The summed E-state index contributed by atoms with van der Waals surface area (Å²) in [6.07, 6.45) is 0.646. The molecule has 3 rings (SSSR count). The first-order chi connectivity index (χ1) is 11.6. The maximum Gasteiger partial charge on any atom is 0.256 e. The summed E-state index contributed by atoms with van der Waals surface area (Å²) in [5, 5.41) is 7.22. The molecule has 0 bridgehead atoms. The van der Waals surface area contributed by atoms with Crippen LogP contribution in [-0.2, 0) is 6.42 Å². The Morgan fingerprint density at radius 1 is 1.38 bits per heavy atom. The molecule has 8 heteroatoms. The van der Waals surface area contributed by atoms with Gasteiger partial charge in [-0.1, -0.05) is 11.6 Å². The van der Waals surface area contributed by atoms with Crippen molar-refractivity contribution in [2.24, 2.45) is 0 Å². The molecule has 128 valence electrons. The molecule has 6 nitrogen and oxygen atoms in total. The first kappa shape index (κ1) is 16.9. The lowest BCUT2D eigenvalue weighted by Crippen LogP contribution is -2.26. The molecule has 2 N–H and O–H groups in total. The highest BCUT2D eigenvalue weighted by Crippen LogP contribution is 2.38. The molecule has 0 atom stereocenters. The Kier molecular flexibility index (Phi) is 5.11. The number of nitrogens with one attached hydrogen (secondary N) is 2. The van der Waals surface area contributed by atoms with E-state index in [-0.39, 0.29) is 5.91 Å². The van der Waals surface area contributed by atoms with E-state index in [4.69, 9.17) is 21.1 Å². The molecule has 1 amide bonds. The average Bonchev–Trinajstić information content (AvgIpc) is 2.95. The van der Waals surface area contributed by atoms with E-state index in [0.29, 0.717) is 48.3 Å². The lowest BCUT2D eigenvalue weighted by molar-refractivity contribution is 0.0954. The summed E-state index contributed by atoms with van der Waals surface area (Å²) in [6.45, 7) is 3.34. The minimum absolute atomic E-state index is 0.130. The van der Waals surface area contributed by atoms with E-state index in [2.05, 4.69) is 15.0 Å². The number of hydrogen-bond acceptors (Lipinski definition) is 6. The standard InChI is InChI=1S/C16H18ClN3O3S/c1-9-13(16(18-2)24-20-9)15(21)19-4-3-10-7-11(17)14-12(8-10)22-5-6-23-14/h7-8,18H,3-6H2,1-2H3,(H,19,21). The van der Waals surface area contributed by atoms with Crippen LogP contribution in [0.5, 0.6) is 11.5 Å². The fourth-order valence-electron chi connectivity index (χ4n) is 2.53. The third-order valence-electron chi connectivity index (χ3n) is 3.67. The predicted molar refractivity (Wildman–Crippen MR) is 94.9 cm³/mol. The number of fused-ring (bicyclic) bond motifs is 1. The van der Waals surface area contributed by atoms with Gasteiger partial charge in [-0.2, -0.15) is 4.37 Å². The lowest BCUT2D eigenvalue weighted by Gasteiger charge is -2.20. The van der Waals surface area contributed by atoms with E-state index in [0.717, 1.165) is 16.3 Å².